The molecule has 20 heavy (non-hydrogen) atoms. The van der Waals surface area contributed by atoms with Crippen molar-refractivity contribution in [2.45, 2.75) is 19.4 Å². The molecule has 108 valence electrons. The molecule has 0 fully saturated rings. The molecule has 0 heterocycles. The predicted octanol–water partition coefficient (Wildman–Crippen LogP) is 2.21. The van der Waals surface area contributed by atoms with Gasteiger partial charge in [0.25, 0.3) is 5.91 Å². The number of carbonyl (C=O) groups is 1. The first-order valence-electron chi connectivity index (χ1n) is 6.69. The molecule has 0 radical (unpaired) electrons. The van der Waals surface area contributed by atoms with Crippen LogP contribution >= 0.6 is 11.8 Å². The minimum Gasteiger partial charge on any atom is -0.338 e. The molecule has 1 unspecified atom stereocenters. The number of rotatable bonds is 5. The highest BCUT2D eigenvalue weighted by atomic mass is 32.2. The number of nitrogens with zero attached hydrogens (tertiary/aromatic N) is 1. The normalized spacial score (nSPS) is 11.4. The fraction of sp³-hybridized carbons (Fsp3) is 0.438. The summed E-state index contributed by atoms with van der Waals surface area (Å²) in [7, 11) is 1.87. The molecule has 1 aromatic rings. The molecule has 0 saturated carbocycles. The van der Waals surface area contributed by atoms with Crippen LogP contribution in [0.1, 0.15) is 29.3 Å². The standard InChI is InChI=1S/C16H22N2OS/c1-4-15(12-20-3)18(2)16(19)14-9-7-13(8-10-14)6-5-11-17/h7-10,15H,4,11-12,17H2,1-3H3. The quantitative estimate of drug-likeness (QED) is 0.846. The molecule has 1 atom stereocenters. The van der Waals surface area contributed by atoms with E-state index in [1.165, 1.54) is 0 Å². The Balaban J connectivity index is 2.81. The molecule has 0 bridgehead atoms. The Morgan fingerprint density at radius 1 is 1.40 bits per heavy atom. The third-order valence-corrected chi connectivity index (χ3v) is 3.88. The van der Waals surface area contributed by atoms with Crippen molar-refractivity contribution in [3.05, 3.63) is 35.4 Å². The molecule has 0 aliphatic heterocycles. The topological polar surface area (TPSA) is 46.3 Å². The molecule has 0 spiro atoms. The van der Waals surface area contributed by atoms with E-state index in [2.05, 4.69) is 25.0 Å². The second-order valence-electron chi connectivity index (χ2n) is 4.52. The lowest BCUT2D eigenvalue weighted by molar-refractivity contribution is 0.0743. The van der Waals surface area contributed by atoms with Crippen LogP contribution in [-0.4, -0.2) is 42.4 Å². The monoisotopic (exact) mass is 290 g/mol. The Morgan fingerprint density at radius 3 is 2.55 bits per heavy atom. The highest BCUT2D eigenvalue weighted by Crippen LogP contribution is 2.13. The lowest BCUT2D eigenvalue weighted by Gasteiger charge is -2.26. The first kappa shape index (κ1) is 16.6. The summed E-state index contributed by atoms with van der Waals surface area (Å²) < 4.78 is 0. The summed E-state index contributed by atoms with van der Waals surface area (Å²) in [5.41, 5.74) is 6.91. The minimum atomic E-state index is 0.0595. The molecule has 1 amide bonds. The summed E-state index contributed by atoms with van der Waals surface area (Å²) in [5.74, 6) is 6.77. The van der Waals surface area contributed by atoms with E-state index in [1.54, 1.807) is 11.8 Å². The summed E-state index contributed by atoms with van der Waals surface area (Å²) in [6.45, 7) is 2.45. The van der Waals surface area contributed by atoms with E-state index >= 15 is 0 Å². The zero-order chi connectivity index (χ0) is 15.0. The van der Waals surface area contributed by atoms with Gasteiger partial charge in [0.2, 0.25) is 0 Å². The van der Waals surface area contributed by atoms with E-state index in [0.29, 0.717) is 12.1 Å². The first-order chi connectivity index (χ1) is 9.63. The summed E-state index contributed by atoms with van der Waals surface area (Å²) in [6.07, 6.45) is 3.02. The van der Waals surface area contributed by atoms with Crippen molar-refractivity contribution < 1.29 is 4.79 Å². The Kier molecular flexibility index (Phi) is 7.21. The Labute approximate surface area is 125 Å². The molecule has 0 aliphatic rings. The summed E-state index contributed by atoms with van der Waals surface area (Å²) in [4.78, 5) is 14.2. The van der Waals surface area contributed by atoms with Crippen LogP contribution in [0.5, 0.6) is 0 Å². The second kappa shape index (κ2) is 8.68. The summed E-state index contributed by atoms with van der Waals surface area (Å²) >= 11 is 1.76. The van der Waals surface area contributed by atoms with Gasteiger partial charge in [-0.15, -0.1) is 0 Å². The molecular formula is C16H22N2OS. The number of hydrogen-bond acceptors (Lipinski definition) is 3. The van der Waals surface area contributed by atoms with Crippen LogP contribution in [0.4, 0.5) is 0 Å². The number of benzene rings is 1. The molecule has 1 aromatic carbocycles. The molecule has 1 rings (SSSR count). The molecule has 0 saturated heterocycles. The van der Waals surface area contributed by atoms with Crippen LogP contribution in [0.2, 0.25) is 0 Å². The van der Waals surface area contributed by atoms with Crippen LogP contribution in [-0.2, 0) is 0 Å². The number of amides is 1. The van der Waals surface area contributed by atoms with Gasteiger partial charge in [0, 0.05) is 30.0 Å². The average Bonchev–Trinajstić information content (AvgIpc) is 2.49. The van der Waals surface area contributed by atoms with Crippen molar-refractivity contribution in [1.29, 1.82) is 0 Å². The Bertz CT molecular complexity index is 487. The van der Waals surface area contributed by atoms with Crippen molar-refractivity contribution in [1.82, 2.24) is 4.90 Å². The van der Waals surface area contributed by atoms with E-state index in [-0.39, 0.29) is 11.9 Å². The van der Waals surface area contributed by atoms with Crippen LogP contribution in [0, 0.1) is 11.8 Å². The van der Waals surface area contributed by atoms with Gasteiger partial charge in [0.1, 0.15) is 0 Å². The number of hydrogen-bond donors (Lipinski definition) is 1. The fourth-order valence-electron chi connectivity index (χ4n) is 1.91. The first-order valence-corrected chi connectivity index (χ1v) is 8.08. The molecule has 4 heteroatoms. The molecule has 0 aliphatic carbocycles. The number of thioether (sulfide) groups is 1. The van der Waals surface area contributed by atoms with E-state index in [1.807, 2.05) is 36.2 Å². The zero-order valence-corrected chi connectivity index (χ0v) is 13.2. The van der Waals surface area contributed by atoms with Gasteiger partial charge < -0.3 is 10.6 Å². The van der Waals surface area contributed by atoms with E-state index in [9.17, 15) is 4.79 Å². The smallest absolute Gasteiger partial charge is 0.253 e. The van der Waals surface area contributed by atoms with E-state index in [0.717, 1.165) is 17.7 Å². The van der Waals surface area contributed by atoms with Crippen molar-refractivity contribution in [2.75, 3.05) is 25.6 Å². The zero-order valence-electron chi connectivity index (χ0n) is 12.3. The van der Waals surface area contributed by atoms with Gasteiger partial charge >= 0.3 is 0 Å². The third-order valence-electron chi connectivity index (χ3n) is 3.17. The van der Waals surface area contributed by atoms with Crippen molar-refractivity contribution in [3.63, 3.8) is 0 Å². The lowest BCUT2D eigenvalue weighted by Crippen LogP contribution is -2.38. The molecule has 2 N–H and O–H groups in total. The van der Waals surface area contributed by atoms with Crippen LogP contribution in [0.3, 0.4) is 0 Å². The molecule has 0 aromatic heterocycles. The highest BCUT2D eigenvalue weighted by Gasteiger charge is 2.19. The van der Waals surface area contributed by atoms with Crippen molar-refractivity contribution in [2.24, 2.45) is 5.73 Å². The van der Waals surface area contributed by atoms with Gasteiger partial charge in [-0.25, -0.2) is 0 Å². The van der Waals surface area contributed by atoms with Gasteiger partial charge in [-0.1, -0.05) is 18.8 Å². The molecular weight excluding hydrogens is 268 g/mol. The molecule has 3 nitrogen and oxygen atoms in total. The van der Waals surface area contributed by atoms with Crippen LogP contribution < -0.4 is 5.73 Å². The van der Waals surface area contributed by atoms with Crippen LogP contribution in [0.15, 0.2) is 24.3 Å². The van der Waals surface area contributed by atoms with E-state index in [4.69, 9.17) is 5.73 Å². The fourth-order valence-corrected chi connectivity index (χ4v) is 2.76. The van der Waals surface area contributed by atoms with Crippen molar-refractivity contribution >= 4 is 17.7 Å². The summed E-state index contributed by atoms with van der Waals surface area (Å²) in [6, 6.07) is 7.64. The second-order valence-corrected chi connectivity index (χ2v) is 5.43. The van der Waals surface area contributed by atoms with Gasteiger partial charge in [-0.05, 0) is 36.9 Å². The predicted molar refractivity (Wildman–Crippen MR) is 86.9 cm³/mol. The minimum absolute atomic E-state index is 0.0595. The maximum absolute atomic E-state index is 12.4. The highest BCUT2D eigenvalue weighted by molar-refractivity contribution is 7.98. The van der Waals surface area contributed by atoms with Gasteiger partial charge in [0.15, 0.2) is 0 Å². The lowest BCUT2D eigenvalue weighted by atomic mass is 10.1. The SMILES string of the molecule is CCC(CSC)N(C)C(=O)c1ccc(C#CCN)cc1. The van der Waals surface area contributed by atoms with Gasteiger partial charge in [-0.3, -0.25) is 4.79 Å². The maximum atomic E-state index is 12.4. The van der Waals surface area contributed by atoms with Crippen LogP contribution in [0.25, 0.3) is 0 Å². The van der Waals surface area contributed by atoms with Gasteiger partial charge in [-0.2, -0.15) is 11.8 Å². The Morgan fingerprint density at radius 2 is 2.05 bits per heavy atom. The maximum Gasteiger partial charge on any atom is 0.253 e. The number of nitrogens with two attached hydrogens (primary N) is 1. The summed E-state index contributed by atoms with van der Waals surface area (Å²) in [5, 5.41) is 0. The van der Waals surface area contributed by atoms with Crippen molar-refractivity contribution in [3.8, 4) is 11.8 Å². The average molecular weight is 290 g/mol. The third kappa shape index (κ3) is 4.59. The van der Waals surface area contributed by atoms with E-state index < -0.39 is 0 Å². The Hall–Kier alpha value is -1.44. The van der Waals surface area contributed by atoms with Gasteiger partial charge in [0.05, 0.1) is 6.54 Å². The largest absolute Gasteiger partial charge is 0.338 e. The number of carbonyl (C=O) groups excluding carboxylic acids is 1.